The Labute approximate surface area is 264 Å². The van der Waals surface area contributed by atoms with Gasteiger partial charge < -0.3 is 0 Å². The average molecular weight is 587 g/mol. The first-order chi connectivity index (χ1) is 22.3. The van der Waals surface area contributed by atoms with Gasteiger partial charge in [0, 0.05) is 20.2 Å². The Hall–Kier alpha value is -5.50. The fraction of sp³-hybridized carbons (Fsp3) is 0. The van der Waals surface area contributed by atoms with Crippen molar-refractivity contribution in [3.63, 3.8) is 0 Å². The maximum atomic E-state index is 2.46. The summed E-state index contributed by atoms with van der Waals surface area (Å²) in [6, 6.07) is 58.4. The molecule has 0 aliphatic carbocycles. The van der Waals surface area contributed by atoms with Gasteiger partial charge in [0.1, 0.15) is 0 Å². The third-order valence-corrected chi connectivity index (χ3v) is 10.8. The van der Waals surface area contributed by atoms with Gasteiger partial charge >= 0.3 is 0 Å². The normalized spacial score (nSPS) is 12.0. The van der Waals surface area contributed by atoms with Crippen LogP contribution in [0.3, 0.4) is 0 Å². The van der Waals surface area contributed by atoms with E-state index in [1.54, 1.807) is 0 Å². The summed E-state index contributed by atoms with van der Waals surface area (Å²) in [5.41, 5.74) is 5.10. The van der Waals surface area contributed by atoms with Crippen LogP contribution < -0.4 is 0 Å². The van der Waals surface area contributed by atoms with Crippen LogP contribution in [-0.4, -0.2) is 0 Å². The van der Waals surface area contributed by atoms with Crippen molar-refractivity contribution in [1.29, 1.82) is 0 Å². The maximum Gasteiger partial charge on any atom is 0.0362 e. The van der Waals surface area contributed by atoms with Crippen LogP contribution >= 0.6 is 11.3 Å². The van der Waals surface area contributed by atoms with Crippen molar-refractivity contribution in [3.05, 3.63) is 158 Å². The molecule has 10 rings (SSSR count). The summed E-state index contributed by atoms with van der Waals surface area (Å²) in [4.78, 5) is 0. The van der Waals surface area contributed by atoms with Crippen molar-refractivity contribution >= 4 is 85.4 Å². The zero-order valence-corrected chi connectivity index (χ0v) is 25.2. The predicted molar refractivity (Wildman–Crippen MR) is 198 cm³/mol. The molecule has 0 unspecified atom stereocenters. The summed E-state index contributed by atoms with van der Waals surface area (Å²) in [6.45, 7) is 0. The summed E-state index contributed by atoms with van der Waals surface area (Å²) >= 11 is 1.89. The van der Waals surface area contributed by atoms with Crippen LogP contribution in [0.5, 0.6) is 0 Å². The molecular formula is C44H26S. The first kappa shape index (κ1) is 24.9. The Morgan fingerprint density at radius 1 is 0.267 bits per heavy atom. The van der Waals surface area contributed by atoms with Crippen LogP contribution in [0, 0.1) is 0 Å². The topological polar surface area (TPSA) is 0 Å². The second-order valence-corrected chi connectivity index (χ2v) is 13.1. The van der Waals surface area contributed by atoms with Crippen molar-refractivity contribution in [3.8, 4) is 22.3 Å². The molecule has 1 heteroatoms. The molecule has 208 valence electrons. The number of benzene rings is 9. The van der Waals surface area contributed by atoms with Gasteiger partial charge in [-0.05, 0) is 94.3 Å². The smallest absolute Gasteiger partial charge is 0.0362 e. The number of thiophene rings is 1. The molecule has 0 atom stereocenters. The second-order valence-electron chi connectivity index (χ2n) is 12.0. The fourth-order valence-electron chi connectivity index (χ4n) is 7.77. The first-order valence-electron chi connectivity index (χ1n) is 15.5. The van der Waals surface area contributed by atoms with E-state index in [1.165, 1.54) is 96.3 Å². The minimum absolute atomic E-state index is 1.25. The van der Waals surface area contributed by atoms with E-state index in [9.17, 15) is 0 Å². The second kappa shape index (κ2) is 9.50. The molecule has 0 aliphatic heterocycles. The molecule has 1 heterocycles. The highest BCUT2D eigenvalue weighted by Gasteiger charge is 2.19. The standard InChI is InChI=1S/C44H26S/c1-2-12-27(13-3-1)41-31-16-6-8-18-33(31)42(34-19-9-7-17-32(34)41)28-22-23-36-38(26-28)30-15-5-4-14-29(30)35-24-25-40-44(43(35)36)37-20-10-11-21-39(37)45-40/h1-26H. The van der Waals surface area contributed by atoms with Gasteiger partial charge in [0.15, 0.2) is 0 Å². The van der Waals surface area contributed by atoms with Gasteiger partial charge in [-0.25, -0.2) is 0 Å². The zero-order chi connectivity index (χ0) is 29.5. The Morgan fingerprint density at radius 3 is 1.42 bits per heavy atom. The van der Waals surface area contributed by atoms with Gasteiger partial charge in [-0.2, -0.15) is 0 Å². The predicted octanol–water partition coefficient (Wildman–Crippen LogP) is 13.2. The molecule has 9 aromatic carbocycles. The zero-order valence-electron chi connectivity index (χ0n) is 24.4. The maximum absolute atomic E-state index is 2.46. The first-order valence-corrected chi connectivity index (χ1v) is 16.3. The molecule has 0 spiro atoms. The molecule has 0 amide bonds. The van der Waals surface area contributed by atoms with Gasteiger partial charge in [0.2, 0.25) is 0 Å². The summed E-state index contributed by atoms with van der Waals surface area (Å²) in [7, 11) is 0. The summed E-state index contributed by atoms with van der Waals surface area (Å²) in [5.74, 6) is 0. The van der Waals surface area contributed by atoms with Crippen molar-refractivity contribution < 1.29 is 0 Å². The van der Waals surface area contributed by atoms with Crippen LogP contribution in [0.2, 0.25) is 0 Å². The molecule has 0 saturated carbocycles. The Kier molecular flexibility index (Phi) is 5.25. The lowest BCUT2D eigenvalue weighted by molar-refractivity contribution is 1.66. The fourth-order valence-corrected chi connectivity index (χ4v) is 8.88. The van der Waals surface area contributed by atoms with E-state index in [1.807, 2.05) is 11.3 Å². The van der Waals surface area contributed by atoms with Crippen LogP contribution in [-0.2, 0) is 0 Å². The average Bonchev–Trinajstić information content (AvgIpc) is 3.49. The van der Waals surface area contributed by atoms with E-state index >= 15 is 0 Å². The Balaban J connectivity index is 1.37. The number of rotatable bonds is 2. The van der Waals surface area contributed by atoms with E-state index in [4.69, 9.17) is 0 Å². The van der Waals surface area contributed by atoms with Crippen molar-refractivity contribution in [2.75, 3.05) is 0 Å². The molecule has 1 aromatic heterocycles. The van der Waals surface area contributed by atoms with Gasteiger partial charge in [0.25, 0.3) is 0 Å². The van der Waals surface area contributed by atoms with E-state index in [2.05, 4.69) is 158 Å². The van der Waals surface area contributed by atoms with E-state index in [0.29, 0.717) is 0 Å². The molecular weight excluding hydrogens is 561 g/mol. The minimum Gasteiger partial charge on any atom is -0.135 e. The van der Waals surface area contributed by atoms with E-state index in [0.717, 1.165) is 0 Å². The highest BCUT2D eigenvalue weighted by atomic mass is 32.1. The van der Waals surface area contributed by atoms with Gasteiger partial charge in [-0.1, -0.05) is 140 Å². The van der Waals surface area contributed by atoms with Crippen LogP contribution in [0.15, 0.2) is 158 Å². The summed E-state index contributed by atoms with van der Waals surface area (Å²) < 4.78 is 2.69. The lowest BCUT2D eigenvalue weighted by atomic mass is 9.84. The number of fused-ring (bicyclic) bond motifs is 12. The van der Waals surface area contributed by atoms with Gasteiger partial charge in [-0.3, -0.25) is 0 Å². The van der Waals surface area contributed by atoms with Crippen molar-refractivity contribution in [2.45, 2.75) is 0 Å². The third kappa shape index (κ3) is 3.53. The highest BCUT2D eigenvalue weighted by Crippen LogP contribution is 2.47. The molecule has 0 N–H and O–H groups in total. The quantitative estimate of drug-likeness (QED) is 0.140. The summed E-state index contributed by atoms with van der Waals surface area (Å²) in [6.07, 6.45) is 0. The lowest BCUT2D eigenvalue weighted by Crippen LogP contribution is -1.91. The van der Waals surface area contributed by atoms with E-state index in [-0.39, 0.29) is 0 Å². The highest BCUT2D eigenvalue weighted by molar-refractivity contribution is 7.26. The summed E-state index contributed by atoms with van der Waals surface area (Å²) in [5, 5.41) is 15.8. The molecule has 0 saturated heterocycles. The third-order valence-electron chi connectivity index (χ3n) is 9.62. The molecule has 0 radical (unpaired) electrons. The number of hydrogen-bond acceptors (Lipinski definition) is 1. The Morgan fingerprint density at radius 2 is 0.756 bits per heavy atom. The van der Waals surface area contributed by atoms with Gasteiger partial charge in [0.05, 0.1) is 0 Å². The van der Waals surface area contributed by atoms with Crippen LogP contribution in [0.25, 0.3) is 96.3 Å². The molecule has 0 nitrogen and oxygen atoms in total. The largest absolute Gasteiger partial charge is 0.135 e. The lowest BCUT2D eigenvalue weighted by Gasteiger charge is -2.19. The van der Waals surface area contributed by atoms with Crippen LogP contribution in [0.1, 0.15) is 0 Å². The monoisotopic (exact) mass is 586 g/mol. The van der Waals surface area contributed by atoms with Crippen molar-refractivity contribution in [2.24, 2.45) is 0 Å². The minimum atomic E-state index is 1.25. The van der Waals surface area contributed by atoms with Crippen LogP contribution in [0.4, 0.5) is 0 Å². The SMILES string of the molecule is c1ccc(-c2c3ccccc3c(-c3ccc4c(c3)c3ccccc3c3ccc5sc6ccccc6c5c34)c3ccccc23)cc1. The number of hydrogen-bond donors (Lipinski definition) is 0. The molecule has 45 heavy (non-hydrogen) atoms. The molecule has 0 aliphatic rings. The molecule has 10 aromatic rings. The molecule has 0 bridgehead atoms. The Bertz CT molecular complexity index is 2740. The van der Waals surface area contributed by atoms with E-state index < -0.39 is 0 Å². The van der Waals surface area contributed by atoms with Crippen molar-refractivity contribution in [1.82, 2.24) is 0 Å². The molecule has 0 fully saturated rings. The van der Waals surface area contributed by atoms with Gasteiger partial charge in [-0.15, -0.1) is 11.3 Å².